The minimum atomic E-state index is -4.40. The Hall–Kier alpha value is -3.14. The summed E-state index contributed by atoms with van der Waals surface area (Å²) in [5.41, 5.74) is 2.26. The fourth-order valence-corrected chi connectivity index (χ4v) is 3.79. The fourth-order valence-electron chi connectivity index (χ4n) is 2.86. The van der Waals surface area contributed by atoms with Crippen LogP contribution in [0.25, 0.3) is 0 Å². The van der Waals surface area contributed by atoms with E-state index in [1.54, 1.807) is 0 Å². The number of thioether (sulfide) groups is 1. The molecule has 1 aliphatic rings. The highest BCUT2D eigenvalue weighted by Crippen LogP contribution is 2.29. The van der Waals surface area contributed by atoms with Gasteiger partial charge >= 0.3 is 6.18 Å². The van der Waals surface area contributed by atoms with Crippen molar-refractivity contribution < 1.29 is 22.8 Å². The number of rotatable bonds is 5. The molecule has 10 heteroatoms. The molecule has 1 unspecified atom stereocenters. The number of benzene rings is 2. The topological polar surface area (TPSA) is 82.9 Å². The van der Waals surface area contributed by atoms with Crippen LogP contribution in [0.3, 0.4) is 0 Å². The first kappa shape index (κ1) is 22.5. The smallest absolute Gasteiger partial charge is 0.326 e. The van der Waals surface area contributed by atoms with E-state index in [4.69, 9.17) is 0 Å². The van der Waals surface area contributed by atoms with Crippen molar-refractivity contribution in [2.24, 2.45) is 10.2 Å². The summed E-state index contributed by atoms with van der Waals surface area (Å²) in [4.78, 5) is 24.5. The summed E-state index contributed by atoms with van der Waals surface area (Å²) in [5, 5.41) is 12.6. The molecule has 31 heavy (non-hydrogen) atoms. The van der Waals surface area contributed by atoms with Crippen LogP contribution < -0.4 is 10.6 Å². The van der Waals surface area contributed by atoms with Gasteiger partial charge in [0.1, 0.15) is 5.25 Å². The van der Waals surface area contributed by atoms with Gasteiger partial charge in [-0.2, -0.15) is 18.3 Å². The van der Waals surface area contributed by atoms with Crippen LogP contribution in [0.2, 0.25) is 0 Å². The van der Waals surface area contributed by atoms with Crippen LogP contribution in [-0.4, -0.2) is 28.4 Å². The standard InChI is InChI=1S/C21H19F3N4O2S/c1-12-4-3-5-13(2)18(12)26-17(29)10-16-19(30)27-20(31-16)28-25-11-14-6-8-15(9-7-14)21(22,23)24/h3-9,11,16H,10H2,1-2H3,(H,26,29)(H,27,28,30)/b25-11+. The molecule has 1 heterocycles. The molecule has 3 rings (SSSR count). The number of carbonyl (C=O) groups is 2. The molecule has 2 aromatic rings. The number of carbonyl (C=O) groups excluding carboxylic acids is 2. The van der Waals surface area contributed by atoms with Crippen LogP contribution in [-0.2, 0) is 15.8 Å². The lowest BCUT2D eigenvalue weighted by molar-refractivity contribution is -0.137. The number of para-hydroxylation sites is 1. The molecule has 0 bridgehead atoms. The summed E-state index contributed by atoms with van der Waals surface area (Å²) >= 11 is 1.07. The third-order valence-corrected chi connectivity index (χ3v) is 5.56. The number of aryl methyl sites for hydroxylation is 2. The van der Waals surface area contributed by atoms with E-state index in [-0.39, 0.29) is 23.4 Å². The Kier molecular flexibility index (Phi) is 6.79. The summed E-state index contributed by atoms with van der Waals surface area (Å²) in [7, 11) is 0. The highest BCUT2D eigenvalue weighted by Gasteiger charge is 2.32. The maximum atomic E-state index is 12.6. The van der Waals surface area contributed by atoms with E-state index in [0.29, 0.717) is 5.56 Å². The SMILES string of the molecule is Cc1cccc(C)c1NC(=O)CC1S/C(=N\N=C\c2ccc(C(F)(F)F)cc2)NC1=O. The number of halogens is 3. The minimum Gasteiger partial charge on any atom is -0.326 e. The maximum absolute atomic E-state index is 12.6. The van der Waals surface area contributed by atoms with Crippen molar-refractivity contribution >= 4 is 40.6 Å². The van der Waals surface area contributed by atoms with Crippen LogP contribution in [0.15, 0.2) is 52.7 Å². The lowest BCUT2D eigenvalue weighted by Crippen LogP contribution is -2.28. The molecule has 0 aliphatic carbocycles. The van der Waals surface area contributed by atoms with Crippen molar-refractivity contribution in [2.75, 3.05) is 5.32 Å². The molecule has 1 saturated heterocycles. The Morgan fingerprint density at radius 1 is 1.16 bits per heavy atom. The van der Waals surface area contributed by atoms with Gasteiger partial charge in [0.2, 0.25) is 11.8 Å². The highest BCUT2D eigenvalue weighted by atomic mass is 32.2. The van der Waals surface area contributed by atoms with E-state index in [1.165, 1.54) is 18.3 Å². The summed E-state index contributed by atoms with van der Waals surface area (Å²) in [6, 6.07) is 10.1. The van der Waals surface area contributed by atoms with Crippen molar-refractivity contribution in [2.45, 2.75) is 31.7 Å². The molecule has 162 valence electrons. The Bertz CT molecular complexity index is 1030. The van der Waals surface area contributed by atoms with E-state index >= 15 is 0 Å². The van der Waals surface area contributed by atoms with Crippen LogP contribution in [0.1, 0.15) is 28.7 Å². The lowest BCUT2D eigenvalue weighted by Gasteiger charge is -2.12. The molecule has 1 atom stereocenters. The van der Waals surface area contributed by atoms with E-state index in [9.17, 15) is 22.8 Å². The number of amidine groups is 1. The van der Waals surface area contributed by atoms with E-state index in [1.807, 2.05) is 32.0 Å². The molecular formula is C21H19F3N4O2S. The summed E-state index contributed by atoms with van der Waals surface area (Å²) in [6.07, 6.45) is -3.16. The van der Waals surface area contributed by atoms with Gasteiger partial charge in [-0.25, -0.2) is 0 Å². The Morgan fingerprint density at radius 3 is 2.42 bits per heavy atom. The summed E-state index contributed by atoms with van der Waals surface area (Å²) in [5.74, 6) is -0.648. The second-order valence-electron chi connectivity index (χ2n) is 6.88. The second kappa shape index (κ2) is 9.34. The maximum Gasteiger partial charge on any atom is 0.416 e. The van der Waals surface area contributed by atoms with Gasteiger partial charge in [0, 0.05) is 12.1 Å². The normalized spacial score (nSPS) is 17.9. The van der Waals surface area contributed by atoms with E-state index in [2.05, 4.69) is 20.8 Å². The number of hydrogen-bond acceptors (Lipinski definition) is 5. The van der Waals surface area contributed by atoms with Gasteiger partial charge < -0.3 is 10.6 Å². The molecule has 1 fully saturated rings. The summed E-state index contributed by atoms with van der Waals surface area (Å²) in [6.45, 7) is 3.78. The highest BCUT2D eigenvalue weighted by molar-refractivity contribution is 8.15. The monoisotopic (exact) mass is 448 g/mol. The zero-order valence-electron chi connectivity index (χ0n) is 16.7. The quantitative estimate of drug-likeness (QED) is 0.529. The fraction of sp³-hybridized carbons (Fsp3) is 0.238. The molecule has 0 aromatic heterocycles. The molecule has 2 amide bonds. The number of amides is 2. The predicted molar refractivity (Wildman–Crippen MR) is 115 cm³/mol. The van der Waals surface area contributed by atoms with Gasteiger partial charge in [-0.3, -0.25) is 9.59 Å². The van der Waals surface area contributed by atoms with E-state index < -0.39 is 17.0 Å². The van der Waals surface area contributed by atoms with Gasteiger partial charge in [0.05, 0.1) is 11.8 Å². The zero-order valence-corrected chi connectivity index (χ0v) is 17.5. The van der Waals surface area contributed by atoms with Crippen LogP contribution in [0.4, 0.5) is 18.9 Å². The van der Waals surface area contributed by atoms with Crippen molar-refractivity contribution in [1.29, 1.82) is 0 Å². The number of nitrogens with zero attached hydrogens (tertiary/aromatic N) is 2. The number of alkyl halides is 3. The molecule has 2 aromatic carbocycles. The number of anilines is 1. The second-order valence-corrected chi connectivity index (χ2v) is 8.08. The van der Waals surface area contributed by atoms with Crippen LogP contribution in [0, 0.1) is 13.8 Å². The van der Waals surface area contributed by atoms with Crippen molar-refractivity contribution in [3.05, 3.63) is 64.7 Å². The average molecular weight is 448 g/mol. The summed E-state index contributed by atoms with van der Waals surface area (Å²) < 4.78 is 37.7. The van der Waals surface area contributed by atoms with E-state index in [0.717, 1.165) is 40.7 Å². The Balaban J connectivity index is 1.57. The Labute approximate surface area is 181 Å². The third-order valence-electron chi connectivity index (χ3n) is 4.49. The van der Waals surface area contributed by atoms with Gasteiger partial charge in [-0.1, -0.05) is 42.1 Å². The first-order valence-corrected chi connectivity index (χ1v) is 10.1. The van der Waals surface area contributed by atoms with Gasteiger partial charge in [0.25, 0.3) is 0 Å². The van der Waals surface area contributed by atoms with Gasteiger partial charge in [-0.15, -0.1) is 5.10 Å². The average Bonchev–Trinajstić information content (AvgIpc) is 3.03. The van der Waals surface area contributed by atoms with Gasteiger partial charge in [-0.05, 0) is 42.7 Å². The zero-order chi connectivity index (χ0) is 22.6. The molecule has 0 saturated carbocycles. The molecule has 0 spiro atoms. The number of hydrogen-bond donors (Lipinski definition) is 2. The predicted octanol–water partition coefficient (Wildman–Crippen LogP) is 4.27. The van der Waals surface area contributed by atoms with Crippen molar-refractivity contribution in [3.63, 3.8) is 0 Å². The lowest BCUT2D eigenvalue weighted by atomic mass is 10.1. The molecule has 6 nitrogen and oxygen atoms in total. The molecular weight excluding hydrogens is 429 g/mol. The number of nitrogens with one attached hydrogen (secondary N) is 2. The largest absolute Gasteiger partial charge is 0.416 e. The Morgan fingerprint density at radius 2 is 1.81 bits per heavy atom. The molecule has 0 radical (unpaired) electrons. The van der Waals surface area contributed by atoms with Crippen LogP contribution in [0.5, 0.6) is 0 Å². The third kappa shape index (κ3) is 5.94. The van der Waals surface area contributed by atoms with Gasteiger partial charge in [0.15, 0.2) is 5.17 Å². The van der Waals surface area contributed by atoms with Crippen molar-refractivity contribution in [3.8, 4) is 0 Å². The first-order valence-electron chi connectivity index (χ1n) is 9.25. The molecule has 1 aliphatic heterocycles. The first-order chi connectivity index (χ1) is 14.6. The van der Waals surface area contributed by atoms with Crippen LogP contribution >= 0.6 is 11.8 Å². The minimum absolute atomic E-state index is 0.0358. The van der Waals surface area contributed by atoms with Crippen molar-refractivity contribution in [1.82, 2.24) is 5.32 Å². The molecule has 2 N–H and O–H groups in total.